The minimum Gasteiger partial charge on any atom is -0.337 e. The van der Waals surface area contributed by atoms with Gasteiger partial charge in [0.15, 0.2) is 0 Å². The van der Waals surface area contributed by atoms with Gasteiger partial charge in [0.2, 0.25) is 0 Å². The molecule has 2 aliphatic rings. The Labute approximate surface area is 143 Å². The van der Waals surface area contributed by atoms with Crippen molar-refractivity contribution >= 4 is 30.1 Å². The van der Waals surface area contributed by atoms with Crippen LogP contribution in [-0.2, 0) is 0 Å². The largest absolute Gasteiger partial charge is 0.337 e. The van der Waals surface area contributed by atoms with Crippen molar-refractivity contribution in [2.24, 2.45) is 0 Å². The summed E-state index contributed by atoms with van der Waals surface area (Å²) in [6.07, 6.45) is 3.57. The number of benzene rings is 1. The molecular weight excluding hydrogens is 316 g/mol. The van der Waals surface area contributed by atoms with Gasteiger partial charge in [-0.25, -0.2) is 0 Å². The molecule has 3 rings (SSSR count). The Bertz CT molecular complexity index is 506. The quantitative estimate of drug-likeness (QED) is 0.854. The fourth-order valence-electron chi connectivity index (χ4n) is 3.26. The standard InChI is InChI=1S/C17H24N2OS.ClH/c1-12(2)21-16-7-3-13(4-8-16)17(20)19-10-9-14-5-6-15(11-19)18-14;/h3-4,7-8,12,14-15,18H,5-6,9-11H2,1-2H3;1H. The van der Waals surface area contributed by atoms with Crippen LogP contribution in [0.4, 0.5) is 0 Å². The highest BCUT2D eigenvalue weighted by Gasteiger charge is 2.31. The molecule has 22 heavy (non-hydrogen) atoms. The molecule has 1 N–H and O–H groups in total. The second-order valence-electron chi connectivity index (χ2n) is 6.37. The van der Waals surface area contributed by atoms with E-state index in [-0.39, 0.29) is 18.3 Å². The molecule has 2 saturated heterocycles. The van der Waals surface area contributed by atoms with Crippen molar-refractivity contribution in [2.75, 3.05) is 13.1 Å². The van der Waals surface area contributed by atoms with E-state index in [2.05, 4.69) is 31.3 Å². The van der Waals surface area contributed by atoms with Crippen molar-refractivity contribution in [3.05, 3.63) is 29.8 Å². The Morgan fingerprint density at radius 3 is 2.55 bits per heavy atom. The molecule has 0 spiro atoms. The van der Waals surface area contributed by atoms with Crippen LogP contribution >= 0.6 is 24.2 Å². The molecule has 0 aliphatic carbocycles. The van der Waals surface area contributed by atoms with Gasteiger partial charge in [-0.15, -0.1) is 24.2 Å². The first-order chi connectivity index (χ1) is 10.1. The van der Waals surface area contributed by atoms with Crippen LogP contribution in [0, 0.1) is 0 Å². The van der Waals surface area contributed by atoms with Crippen molar-refractivity contribution in [3.8, 4) is 0 Å². The molecule has 0 aromatic heterocycles. The Morgan fingerprint density at radius 1 is 1.18 bits per heavy atom. The highest BCUT2D eigenvalue weighted by Crippen LogP contribution is 2.24. The second kappa shape index (κ2) is 7.71. The first kappa shape index (κ1) is 17.6. The lowest BCUT2D eigenvalue weighted by atomic mass is 10.1. The summed E-state index contributed by atoms with van der Waals surface area (Å²) in [5.74, 6) is 0.186. The lowest BCUT2D eigenvalue weighted by Gasteiger charge is -2.24. The van der Waals surface area contributed by atoms with Gasteiger partial charge >= 0.3 is 0 Å². The number of hydrogen-bond acceptors (Lipinski definition) is 3. The number of amides is 1. The van der Waals surface area contributed by atoms with Crippen molar-refractivity contribution in [3.63, 3.8) is 0 Å². The van der Waals surface area contributed by atoms with Crippen molar-refractivity contribution in [2.45, 2.75) is 55.3 Å². The SMILES string of the molecule is CC(C)Sc1ccc(C(=O)N2CCC3CCC(C2)N3)cc1.Cl. The van der Waals surface area contributed by atoms with Gasteiger partial charge in [-0.2, -0.15) is 0 Å². The molecule has 5 heteroatoms. The first-order valence-electron chi connectivity index (χ1n) is 7.94. The lowest BCUT2D eigenvalue weighted by molar-refractivity contribution is 0.0748. The summed E-state index contributed by atoms with van der Waals surface area (Å²) in [6.45, 7) is 6.11. The van der Waals surface area contributed by atoms with Crippen LogP contribution in [-0.4, -0.2) is 41.2 Å². The summed E-state index contributed by atoms with van der Waals surface area (Å²) in [5, 5.41) is 4.19. The molecule has 2 unspecified atom stereocenters. The van der Waals surface area contributed by atoms with E-state index in [9.17, 15) is 4.79 Å². The molecule has 1 aromatic carbocycles. The Kier molecular flexibility index (Phi) is 6.18. The van der Waals surface area contributed by atoms with Crippen LogP contribution in [0.25, 0.3) is 0 Å². The molecule has 2 heterocycles. The summed E-state index contributed by atoms with van der Waals surface area (Å²) < 4.78 is 0. The first-order valence-corrected chi connectivity index (χ1v) is 8.82. The lowest BCUT2D eigenvalue weighted by Crippen LogP contribution is -2.39. The van der Waals surface area contributed by atoms with E-state index < -0.39 is 0 Å². The van der Waals surface area contributed by atoms with Crippen LogP contribution in [0.15, 0.2) is 29.2 Å². The number of rotatable bonds is 3. The number of likely N-dealkylation sites (tertiary alicyclic amines) is 1. The Morgan fingerprint density at radius 2 is 1.86 bits per heavy atom. The zero-order chi connectivity index (χ0) is 14.8. The van der Waals surface area contributed by atoms with Crippen LogP contribution < -0.4 is 5.32 Å². The topological polar surface area (TPSA) is 32.3 Å². The molecule has 2 fully saturated rings. The zero-order valence-corrected chi connectivity index (χ0v) is 14.9. The van der Waals surface area contributed by atoms with E-state index >= 15 is 0 Å². The number of halogens is 1. The second-order valence-corrected chi connectivity index (χ2v) is 8.02. The number of hydrogen-bond donors (Lipinski definition) is 1. The van der Waals surface area contributed by atoms with Crippen molar-refractivity contribution in [1.29, 1.82) is 0 Å². The highest BCUT2D eigenvalue weighted by atomic mass is 35.5. The number of nitrogens with one attached hydrogen (secondary N) is 1. The average molecular weight is 341 g/mol. The van der Waals surface area contributed by atoms with Crippen LogP contribution in [0.5, 0.6) is 0 Å². The Balaban J connectivity index is 0.00000176. The van der Waals surface area contributed by atoms with E-state index in [1.54, 1.807) is 0 Å². The number of thioether (sulfide) groups is 1. The van der Waals surface area contributed by atoms with Gasteiger partial charge in [0, 0.05) is 40.9 Å². The number of carbonyl (C=O) groups excluding carboxylic acids is 1. The van der Waals surface area contributed by atoms with E-state index in [1.165, 1.54) is 17.7 Å². The summed E-state index contributed by atoms with van der Waals surface area (Å²) in [6, 6.07) is 9.21. The summed E-state index contributed by atoms with van der Waals surface area (Å²) in [5.41, 5.74) is 0.820. The molecule has 1 amide bonds. The maximum Gasteiger partial charge on any atom is 0.253 e. The van der Waals surface area contributed by atoms with Crippen molar-refractivity contribution < 1.29 is 4.79 Å². The van der Waals surface area contributed by atoms with Gasteiger partial charge < -0.3 is 10.2 Å². The van der Waals surface area contributed by atoms with E-state index in [0.29, 0.717) is 17.3 Å². The van der Waals surface area contributed by atoms with E-state index in [4.69, 9.17) is 0 Å². The fourth-order valence-corrected chi connectivity index (χ4v) is 4.10. The van der Waals surface area contributed by atoms with Gasteiger partial charge in [-0.05, 0) is 43.5 Å². The molecular formula is C17H25ClN2OS. The number of carbonyl (C=O) groups is 1. The summed E-state index contributed by atoms with van der Waals surface area (Å²) in [7, 11) is 0. The zero-order valence-electron chi connectivity index (χ0n) is 13.2. The number of nitrogens with zero attached hydrogens (tertiary/aromatic N) is 1. The van der Waals surface area contributed by atoms with Crippen LogP contribution in [0.3, 0.4) is 0 Å². The normalized spacial score (nSPS) is 24.0. The Hall–Kier alpha value is -0.710. The third kappa shape index (κ3) is 4.18. The third-order valence-corrected chi connectivity index (χ3v) is 5.30. The summed E-state index contributed by atoms with van der Waals surface area (Å²) in [4.78, 5) is 15.9. The smallest absolute Gasteiger partial charge is 0.253 e. The minimum atomic E-state index is 0. The van der Waals surface area contributed by atoms with Gasteiger partial charge in [0.25, 0.3) is 5.91 Å². The van der Waals surface area contributed by atoms with Gasteiger partial charge in [0.05, 0.1) is 0 Å². The minimum absolute atomic E-state index is 0. The molecule has 1 aromatic rings. The molecule has 0 radical (unpaired) electrons. The van der Waals surface area contributed by atoms with Crippen molar-refractivity contribution in [1.82, 2.24) is 10.2 Å². The molecule has 122 valence electrons. The van der Waals surface area contributed by atoms with E-state index in [0.717, 1.165) is 25.1 Å². The number of fused-ring (bicyclic) bond motifs is 2. The predicted octanol–water partition coefficient (Wildman–Crippen LogP) is 3.58. The average Bonchev–Trinajstić information content (AvgIpc) is 2.78. The monoisotopic (exact) mass is 340 g/mol. The van der Waals surface area contributed by atoms with Crippen LogP contribution in [0.2, 0.25) is 0 Å². The molecule has 2 bridgehead atoms. The fraction of sp³-hybridized carbons (Fsp3) is 0.588. The molecule has 2 atom stereocenters. The molecule has 2 aliphatic heterocycles. The predicted molar refractivity (Wildman–Crippen MR) is 95.1 cm³/mol. The third-order valence-electron chi connectivity index (χ3n) is 4.28. The molecule has 3 nitrogen and oxygen atoms in total. The van der Waals surface area contributed by atoms with Gasteiger partial charge in [-0.1, -0.05) is 13.8 Å². The summed E-state index contributed by atoms with van der Waals surface area (Å²) >= 11 is 1.83. The van der Waals surface area contributed by atoms with Gasteiger partial charge in [0.1, 0.15) is 0 Å². The highest BCUT2D eigenvalue weighted by molar-refractivity contribution is 7.99. The maximum absolute atomic E-state index is 12.7. The maximum atomic E-state index is 12.7. The van der Waals surface area contributed by atoms with E-state index in [1.807, 2.05) is 28.8 Å². The van der Waals surface area contributed by atoms with Gasteiger partial charge in [-0.3, -0.25) is 4.79 Å². The molecule has 0 saturated carbocycles. The van der Waals surface area contributed by atoms with Crippen LogP contribution in [0.1, 0.15) is 43.5 Å².